The minimum Gasteiger partial charge on any atom is -0.493 e. The number of benzene rings is 2. The van der Waals surface area contributed by atoms with E-state index in [9.17, 15) is 4.79 Å². The second-order valence-electron chi connectivity index (χ2n) is 8.11. The molecule has 0 radical (unpaired) electrons. The molecule has 33 heavy (non-hydrogen) atoms. The molecule has 0 unspecified atom stereocenters. The molecule has 1 aromatic heterocycles. The first kappa shape index (κ1) is 22.9. The van der Waals surface area contributed by atoms with Gasteiger partial charge in [0.15, 0.2) is 11.5 Å². The summed E-state index contributed by atoms with van der Waals surface area (Å²) in [5.41, 5.74) is 2.69. The summed E-state index contributed by atoms with van der Waals surface area (Å²) in [5.74, 6) is 2.11. The number of nitrogens with zero attached hydrogens (tertiary/aromatic N) is 3. The van der Waals surface area contributed by atoms with Gasteiger partial charge in [-0.2, -0.15) is 5.10 Å². The van der Waals surface area contributed by atoms with E-state index in [0.29, 0.717) is 43.5 Å². The second kappa shape index (κ2) is 10.5. The van der Waals surface area contributed by atoms with Crippen LogP contribution in [0.3, 0.4) is 0 Å². The molecular formula is C26H31N3O4. The molecular weight excluding hydrogens is 418 g/mol. The minimum absolute atomic E-state index is 0.120. The largest absolute Gasteiger partial charge is 0.493 e. The first-order valence-electron chi connectivity index (χ1n) is 11.4. The standard InChI is InChI=1S/C26H31N3O4/c1-4-22-21(18-28(16-17-31-2)25(30)19-14-15-19)26(29(27-22)20-10-6-5-7-11-20)33-24-13-9-8-12-23(24)32-3/h5-13,19H,4,14-18H2,1-3H3. The highest BCUT2D eigenvalue weighted by Gasteiger charge is 2.34. The van der Waals surface area contributed by atoms with Crippen LogP contribution in [0, 0.1) is 5.92 Å². The van der Waals surface area contributed by atoms with E-state index in [4.69, 9.17) is 19.3 Å². The predicted molar refractivity (Wildman–Crippen MR) is 126 cm³/mol. The summed E-state index contributed by atoms with van der Waals surface area (Å²) in [4.78, 5) is 14.9. The molecule has 1 fully saturated rings. The normalized spacial score (nSPS) is 13.1. The van der Waals surface area contributed by atoms with Crippen LogP contribution >= 0.6 is 0 Å². The maximum atomic E-state index is 13.0. The van der Waals surface area contributed by atoms with Crippen LogP contribution in [0.25, 0.3) is 5.69 Å². The fourth-order valence-corrected chi connectivity index (χ4v) is 3.83. The molecule has 0 atom stereocenters. The third kappa shape index (κ3) is 5.20. The molecule has 1 heterocycles. The fourth-order valence-electron chi connectivity index (χ4n) is 3.83. The molecule has 1 amide bonds. The Morgan fingerprint density at radius 1 is 1.06 bits per heavy atom. The van der Waals surface area contributed by atoms with Crippen LogP contribution in [0.5, 0.6) is 17.4 Å². The van der Waals surface area contributed by atoms with Crippen molar-refractivity contribution in [1.29, 1.82) is 0 Å². The average molecular weight is 450 g/mol. The van der Waals surface area contributed by atoms with Gasteiger partial charge >= 0.3 is 0 Å². The molecule has 0 aliphatic heterocycles. The SMILES string of the molecule is CCc1nn(-c2ccccc2)c(Oc2ccccc2OC)c1CN(CCOC)C(=O)C1CC1. The molecule has 0 spiro atoms. The van der Waals surface area contributed by atoms with Gasteiger partial charge < -0.3 is 19.1 Å². The Morgan fingerprint density at radius 2 is 1.76 bits per heavy atom. The Labute approximate surface area is 194 Å². The molecule has 1 saturated carbocycles. The first-order valence-corrected chi connectivity index (χ1v) is 11.4. The summed E-state index contributed by atoms with van der Waals surface area (Å²) in [6, 6.07) is 17.4. The monoisotopic (exact) mass is 449 g/mol. The minimum atomic E-state index is 0.120. The van der Waals surface area contributed by atoms with Crippen LogP contribution in [-0.2, 0) is 22.5 Å². The summed E-state index contributed by atoms with van der Waals surface area (Å²) in [5, 5.41) is 4.89. The average Bonchev–Trinajstić information content (AvgIpc) is 3.65. The lowest BCUT2D eigenvalue weighted by Crippen LogP contribution is -2.34. The summed E-state index contributed by atoms with van der Waals surface area (Å²) < 4.78 is 19.1. The molecule has 174 valence electrons. The topological polar surface area (TPSA) is 65.8 Å². The van der Waals surface area contributed by atoms with Crippen LogP contribution in [-0.4, -0.2) is 48.0 Å². The van der Waals surface area contributed by atoms with Gasteiger partial charge in [0, 0.05) is 19.6 Å². The van der Waals surface area contributed by atoms with E-state index in [-0.39, 0.29) is 11.8 Å². The number of ether oxygens (including phenoxy) is 3. The number of aryl methyl sites for hydroxylation is 1. The molecule has 4 rings (SSSR count). The van der Waals surface area contributed by atoms with Crippen LogP contribution < -0.4 is 9.47 Å². The van der Waals surface area contributed by atoms with Crippen LogP contribution in [0.15, 0.2) is 54.6 Å². The first-order chi connectivity index (χ1) is 16.2. The number of carbonyl (C=O) groups excluding carboxylic acids is 1. The number of carbonyl (C=O) groups is 1. The van der Waals surface area contributed by atoms with Gasteiger partial charge in [-0.3, -0.25) is 4.79 Å². The molecule has 2 aromatic carbocycles. The summed E-state index contributed by atoms with van der Waals surface area (Å²) in [6.45, 7) is 3.49. The molecule has 7 nitrogen and oxygen atoms in total. The Bertz CT molecular complexity index is 1080. The van der Waals surface area contributed by atoms with E-state index < -0.39 is 0 Å². The van der Waals surface area contributed by atoms with E-state index in [2.05, 4.69) is 6.92 Å². The van der Waals surface area contributed by atoms with Crippen molar-refractivity contribution in [3.63, 3.8) is 0 Å². The number of rotatable bonds is 11. The molecule has 0 saturated heterocycles. The van der Waals surface area contributed by atoms with Gasteiger partial charge in [-0.25, -0.2) is 4.68 Å². The number of hydrogen-bond donors (Lipinski definition) is 0. The van der Waals surface area contributed by atoms with E-state index in [1.54, 1.807) is 14.2 Å². The zero-order valence-corrected chi connectivity index (χ0v) is 19.5. The van der Waals surface area contributed by atoms with Crippen LogP contribution in [0.1, 0.15) is 31.0 Å². The summed E-state index contributed by atoms with van der Waals surface area (Å²) in [7, 11) is 3.27. The van der Waals surface area contributed by atoms with Crippen molar-refractivity contribution in [2.75, 3.05) is 27.4 Å². The lowest BCUT2D eigenvalue weighted by Gasteiger charge is -2.23. The van der Waals surface area contributed by atoms with Gasteiger partial charge in [-0.05, 0) is 43.5 Å². The number of hydrogen-bond acceptors (Lipinski definition) is 5. The van der Waals surface area contributed by atoms with Crippen LogP contribution in [0.4, 0.5) is 0 Å². The van der Waals surface area contributed by atoms with E-state index in [0.717, 1.165) is 29.8 Å². The maximum absolute atomic E-state index is 13.0. The van der Waals surface area contributed by atoms with Crippen molar-refractivity contribution in [2.24, 2.45) is 5.92 Å². The van der Waals surface area contributed by atoms with Crippen molar-refractivity contribution in [2.45, 2.75) is 32.7 Å². The number of amides is 1. The van der Waals surface area contributed by atoms with Crippen molar-refractivity contribution in [3.05, 3.63) is 65.9 Å². The Morgan fingerprint density at radius 3 is 2.39 bits per heavy atom. The summed E-state index contributed by atoms with van der Waals surface area (Å²) in [6.07, 6.45) is 2.63. The van der Waals surface area contributed by atoms with E-state index in [1.165, 1.54) is 0 Å². The predicted octanol–water partition coefficient (Wildman–Crippen LogP) is 4.62. The van der Waals surface area contributed by atoms with E-state index in [1.807, 2.05) is 64.2 Å². The van der Waals surface area contributed by atoms with Crippen molar-refractivity contribution in [3.8, 4) is 23.1 Å². The van der Waals surface area contributed by atoms with Crippen molar-refractivity contribution in [1.82, 2.24) is 14.7 Å². The highest BCUT2D eigenvalue weighted by Crippen LogP contribution is 2.37. The van der Waals surface area contributed by atoms with Gasteiger partial charge in [0.1, 0.15) is 0 Å². The third-order valence-corrected chi connectivity index (χ3v) is 5.78. The third-order valence-electron chi connectivity index (χ3n) is 5.78. The zero-order valence-electron chi connectivity index (χ0n) is 19.5. The zero-order chi connectivity index (χ0) is 23.2. The lowest BCUT2D eigenvalue weighted by atomic mass is 10.1. The number of aromatic nitrogens is 2. The Kier molecular flexibility index (Phi) is 7.29. The van der Waals surface area contributed by atoms with Crippen molar-refractivity contribution < 1.29 is 19.0 Å². The quantitative estimate of drug-likeness (QED) is 0.427. The maximum Gasteiger partial charge on any atom is 0.228 e. The molecule has 0 N–H and O–H groups in total. The van der Waals surface area contributed by atoms with Gasteiger partial charge in [0.05, 0.1) is 37.2 Å². The Balaban J connectivity index is 1.78. The highest BCUT2D eigenvalue weighted by atomic mass is 16.5. The van der Waals surface area contributed by atoms with E-state index >= 15 is 0 Å². The van der Waals surface area contributed by atoms with Crippen LogP contribution in [0.2, 0.25) is 0 Å². The number of methoxy groups -OCH3 is 2. The lowest BCUT2D eigenvalue weighted by molar-refractivity contribution is -0.133. The Hall–Kier alpha value is -3.32. The summed E-state index contributed by atoms with van der Waals surface area (Å²) >= 11 is 0. The van der Waals surface area contributed by atoms with Gasteiger partial charge in [0.2, 0.25) is 11.8 Å². The molecule has 1 aliphatic rings. The second-order valence-corrected chi connectivity index (χ2v) is 8.11. The fraction of sp³-hybridized carbons (Fsp3) is 0.385. The number of para-hydroxylation sites is 3. The van der Waals surface area contributed by atoms with Gasteiger partial charge in [0.25, 0.3) is 0 Å². The van der Waals surface area contributed by atoms with Gasteiger partial charge in [-0.15, -0.1) is 0 Å². The highest BCUT2D eigenvalue weighted by molar-refractivity contribution is 5.81. The smallest absolute Gasteiger partial charge is 0.228 e. The van der Waals surface area contributed by atoms with Crippen molar-refractivity contribution >= 4 is 5.91 Å². The van der Waals surface area contributed by atoms with Gasteiger partial charge in [-0.1, -0.05) is 37.3 Å². The molecule has 3 aromatic rings. The molecule has 0 bridgehead atoms. The molecule has 1 aliphatic carbocycles. The molecule has 7 heteroatoms.